The lowest BCUT2D eigenvalue weighted by atomic mass is 10.3. The Balaban J connectivity index is 1.80. The third-order valence-electron chi connectivity index (χ3n) is 3.15. The Kier molecular flexibility index (Phi) is 5.34. The van der Waals surface area contributed by atoms with Gasteiger partial charge in [0.25, 0.3) is 5.69 Å². The Morgan fingerprint density at radius 2 is 1.88 bits per heavy atom. The molecule has 0 radical (unpaired) electrons. The summed E-state index contributed by atoms with van der Waals surface area (Å²) in [5, 5.41) is 14.5. The highest BCUT2D eigenvalue weighted by atomic mass is 35.5. The molecule has 0 spiro atoms. The van der Waals surface area contributed by atoms with Crippen molar-refractivity contribution in [3.63, 3.8) is 0 Å². The molecule has 2 aromatic carbocycles. The summed E-state index contributed by atoms with van der Waals surface area (Å²) in [5.74, 6) is 0. The Morgan fingerprint density at radius 1 is 1.17 bits per heavy atom. The minimum Gasteiger partial charge on any atom is -0.379 e. The van der Waals surface area contributed by atoms with Crippen LogP contribution in [-0.4, -0.2) is 9.91 Å². The van der Waals surface area contributed by atoms with E-state index in [9.17, 15) is 10.1 Å². The van der Waals surface area contributed by atoms with Gasteiger partial charge in [0.1, 0.15) is 0 Å². The summed E-state index contributed by atoms with van der Waals surface area (Å²) in [6, 6.07) is 14.4. The van der Waals surface area contributed by atoms with Gasteiger partial charge in [-0.2, -0.15) is 0 Å². The maximum atomic E-state index is 11.2. The molecule has 0 saturated heterocycles. The summed E-state index contributed by atoms with van der Waals surface area (Å²) in [6.45, 7) is 0.596. The molecule has 5 nitrogen and oxygen atoms in total. The molecule has 0 aliphatic carbocycles. The molecule has 0 aliphatic rings. The van der Waals surface area contributed by atoms with Crippen LogP contribution in [0.25, 0.3) is 0 Å². The zero-order valence-electron chi connectivity index (χ0n) is 12.3. The molecule has 0 amide bonds. The molecule has 0 unspecified atom stereocenters. The standard InChI is InChI=1S/C16H12ClN3O2S2/c17-16-19-10-11(23-16)9-18-12-5-1-3-7-14(12)24-15-8-4-2-6-13(15)20(21)22/h1-8,10,18H,9H2. The molecule has 0 saturated carbocycles. The molecule has 1 aromatic heterocycles. The first-order valence-electron chi connectivity index (χ1n) is 6.98. The van der Waals surface area contributed by atoms with Crippen LogP contribution in [0.1, 0.15) is 4.88 Å². The smallest absolute Gasteiger partial charge is 0.283 e. The van der Waals surface area contributed by atoms with Crippen molar-refractivity contribution < 1.29 is 4.92 Å². The highest BCUT2D eigenvalue weighted by Crippen LogP contribution is 2.38. The van der Waals surface area contributed by atoms with Crippen LogP contribution in [0.5, 0.6) is 0 Å². The minimum absolute atomic E-state index is 0.103. The van der Waals surface area contributed by atoms with Crippen molar-refractivity contribution >= 4 is 46.1 Å². The number of rotatable bonds is 6. The fourth-order valence-electron chi connectivity index (χ4n) is 2.06. The van der Waals surface area contributed by atoms with Gasteiger partial charge in [-0.25, -0.2) is 4.98 Å². The summed E-state index contributed by atoms with van der Waals surface area (Å²) in [6.07, 6.45) is 1.73. The number of halogens is 1. The van der Waals surface area contributed by atoms with Crippen LogP contribution in [0.4, 0.5) is 11.4 Å². The number of para-hydroxylation sites is 2. The number of thiazole rings is 1. The number of hydrogen-bond donors (Lipinski definition) is 1. The van der Waals surface area contributed by atoms with E-state index in [4.69, 9.17) is 11.6 Å². The molecule has 24 heavy (non-hydrogen) atoms. The summed E-state index contributed by atoms with van der Waals surface area (Å²) in [5.41, 5.74) is 1.01. The summed E-state index contributed by atoms with van der Waals surface area (Å²) < 4.78 is 0.509. The number of nitro groups is 1. The van der Waals surface area contributed by atoms with Gasteiger partial charge >= 0.3 is 0 Å². The van der Waals surface area contributed by atoms with E-state index in [2.05, 4.69) is 10.3 Å². The van der Waals surface area contributed by atoms with Crippen LogP contribution in [0, 0.1) is 10.1 Å². The van der Waals surface area contributed by atoms with Crippen molar-refractivity contribution in [1.82, 2.24) is 4.98 Å². The van der Waals surface area contributed by atoms with Crippen LogP contribution in [0.15, 0.2) is 64.5 Å². The van der Waals surface area contributed by atoms with Gasteiger partial charge in [0.15, 0.2) is 4.47 Å². The van der Waals surface area contributed by atoms with Gasteiger partial charge in [-0.1, -0.05) is 47.6 Å². The van der Waals surface area contributed by atoms with Crippen LogP contribution >= 0.6 is 34.7 Å². The van der Waals surface area contributed by atoms with Crippen molar-refractivity contribution in [3.8, 4) is 0 Å². The molecule has 1 heterocycles. The van der Waals surface area contributed by atoms with Gasteiger partial charge in [0.2, 0.25) is 0 Å². The van der Waals surface area contributed by atoms with E-state index in [1.807, 2.05) is 24.3 Å². The minimum atomic E-state index is -0.363. The summed E-state index contributed by atoms with van der Waals surface area (Å²) >= 11 is 8.63. The number of nitrogens with zero attached hydrogens (tertiary/aromatic N) is 2. The number of benzene rings is 2. The van der Waals surface area contributed by atoms with E-state index in [-0.39, 0.29) is 10.6 Å². The zero-order valence-corrected chi connectivity index (χ0v) is 14.7. The molecule has 3 aromatic rings. The normalized spacial score (nSPS) is 10.5. The average molecular weight is 378 g/mol. The van der Waals surface area contributed by atoms with Crippen LogP contribution in [0.2, 0.25) is 4.47 Å². The maximum Gasteiger partial charge on any atom is 0.283 e. The van der Waals surface area contributed by atoms with Crippen LogP contribution < -0.4 is 5.32 Å². The van der Waals surface area contributed by atoms with Gasteiger partial charge < -0.3 is 5.32 Å². The number of hydrogen-bond acceptors (Lipinski definition) is 6. The number of aromatic nitrogens is 1. The Bertz CT molecular complexity index is 870. The molecule has 0 bridgehead atoms. The van der Waals surface area contributed by atoms with Gasteiger partial charge in [-0.15, -0.1) is 11.3 Å². The van der Waals surface area contributed by atoms with E-state index in [1.165, 1.54) is 29.2 Å². The zero-order chi connectivity index (χ0) is 16.9. The fourth-order valence-corrected chi connectivity index (χ4v) is 4.01. The van der Waals surface area contributed by atoms with E-state index in [0.717, 1.165) is 15.5 Å². The van der Waals surface area contributed by atoms with Crippen LogP contribution in [-0.2, 0) is 6.54 Å². The van der Waals surface area contributed by atoms with E-state index >= 15 is 0 Å². The van der Waals surface area contributed by atoms with Gasteiger partial charge in [-0.3, -0.25) is 10.1 Å². The molecule has 0 aliphatic heterocycles. The SMILES string of the molecule is O=[N+]([O-])c1ccccc1Sc1ccccc1NCc1cnc(Cl)s1. The number of anilines is 1. The first kappa shape index (κ1) is 16.8. The fraction of sp³-hybridized carbons (Fsp3) is 0.0625. The van der Waals surface area contributed by atoms with Crippen LogP contribution in [0.3, 0.4) is 0 Å². The predicted octanol–water partition coefficient (Wildman–Crippen LogP) is 5.47. The molecule has 1 N–H and O–H groups in total. The second kappa shape index (κ2) is 7.65. The van der Waals surface area contributed by atoms with Crippen molar-refractivity contribution in [2.24, 2.45) is 0 Å². The van der Waals surface area contributed by atoms with Crippen molar-refractivity contribution in [2.75, 3.05) is 5.32 Å². The second-order valence-electron chi connectivity index (χ2n) is 4.76. The largest absolute Gasteiger partial charge is 0.379 e. The van der Waals surface area contributed by atoms with E-state index in [0.29, 0.717) is 15.9 Å². The Morgan fingerprint density at radius 3 is 2.58 bits per heavy atom. The third-order valence-corrected chi connectivity index (χ3v) is 5.40. The van der Waals surface area contributed by atoms with Gasteiger partial charge in [0, 0.05) is 27.7 Å². The predicted molar refractivity (Wildman–Crippen MR) is 98.1 cm³/mol. The first-order chi connectivity index (χ1) is 11.6. The summed E-state index contributed by atoms with van der Waals surface area (Å²) in [7, 11) is 0. The average Bonchev–Trinajstić information content (AvgIpc) is 3.00. The van der Waals surface area contributed by atoms with Gasteiger partial charge in [0.05, 0.1) is 16.4 Å². The Labute approximate surface area is 151 Å². The van der Waals surface area contributed by atoms with E-state index < -0.39 is 0 Å². The van der Waals surface area contributed by atoms with E-state index in [1.54, 1.807) is 24.4 Å². The van der Waals surface area contributed by atoms with Gasteiger partial charge in [-0.05, 0) is 18.2 Å². The van der Waals surface area contributed by atoms with Crippen molar-refractivity contribution in [1.29, 1.82) is 0 Å². The highest BCUT2D eigenvalue weighted by Gasteiger charge is 2.15. The number of nitro benzene ring substituents is 1. The lowest BCUT2D eigenvalue weighted by Gasteiger charge is -2.11. The first-order valence-corrected chi connectivity index (χ1v) is 8.99. The summed E-state index contributed by atoms with van der Waals surface area (Å²) in [4.78, 5) is 17.4. The Hall–Kier alpha value is -2.09. The van der Waals surface area contributed by atoms with Crippen molar-refractivity contribution in [3.05, 3.63) is 74.2 Å². The van der Waals surface area contributed by atoms with Crippen molar-refractivity contribution in [2.45, 2.75) is 16.3 Å². The molecule has 3 rings (SSSR count). The molecule has 8 heteroatoms. The maximum absolute atomic E-state index is 11.2. The quantitative estimate of drug-likeness (QED) is 0.455. The monoisotopic (exact) mass is 377 g/mol. The lowest BCUT2D eigenvalue weighted by molar-refractivity contribution is -0.387. The third kappa shape index (κ3) is 4.05. The number of nitrogens with one attached hydrogen (secondary N) is 1. The second-order valence-corrected chi connectivity index (χ2v) is 7.54. The molecular formula is C16H12ClN3O2S2. The molecular weight excluding hydrogens is 366 g/mol. The lowest BCUT2D eigenvalue weighted by Crippen LogP contribution is -1.99. The molecule has 0 atom stereocenters. The highest BCUT2D eigenvalue weighted by molar-refractivity contribution is 7.99. The molecule has 0 fully saturated rings. The molecule has 122 valence electrons. The topological polar surface area (TPSA) is 68.1 Å².